The number of ether oxygens (including phenoxy) is 4. The van der Waals surface area contributed by atoms with Crippen LogP contribution in [0.2, 0.25) is 0 Å². The average Bonchev–Trinajstić information content (AvgIpc) is 3.09. The van der Waals surface area contributed by atoms with Gasteiger partial charge in [-0.3, -0.25) is 9.59 Å². The summed E-state index contributed by atoms with van der Waals surface area (Å²) in [4.78, 5) is 49.6. The van der Waals surface area contributed by atoms with E-state index in [1.807, 2.05) is 0 Å². The van der Waals surface area contributed by atoms with E-state index in [1.165, 1.54) is 26.6 Å². The minimum atomic E-state index is -0.558. The third-order valence-electron chi connectivity index (χ3n) is 6.49. The smallest absolute Gasteiger partial charge is 0.343 e. The Hall–Kier alpha value is -6.30. The highest BCUT2D eigenvalue weighted by Crippen LogP contribution is 2.20. The van der Waals surface area contributed by atoms with Gasteiger partial charge in [0, 0.05) is 24.0 Å². The van der Waals surface area contributed by atoms with Crippen molar-refractivity contribution in [2.45, 2.75) is 19.3 Å². The van der Waals surface area contributed by atoms with E-state index in [0.717, 1.165) is 0 Å². The summed E-state index contributed by atoms with van der Waals surface area (Å²) >= 11 is 0. The van der Waals surface area contributed by atoms with Crippen LogP contribution in [0.1, 0.15) is 51.1 Å². The molecule has 4 aromatic carbocycles. The lowest BCUT2D eigenvalue weighted by Crippen LogP contribution is -2.20. The number of esters is 2. The van der Waals surface area contributed by atoms with Gasteiger partial charge in [-0.2, -0.15) is 10.2 Å². The molecule has 47 heavy (non-hydrogen) atoms. The van der Waals surface area contributed by atoms with E-state index in [9.17, 15) is 19.2 Å². The van der Waals surface area contributed by atoms with E-state index < -0.39 is 23.8 Å². The molecule has 0 radical (unpaired) electrons. The van der Waals surface area contributed by atoms with Crippen LogP contribution in [-0.4, -0.2) is 50.4 Å². The molecule has 0 aliphatic rings. The average molecular weight is 637 g/mol. The van der Waals surface area contributed by atoms with E-state index in [-0.39, 0.29) is 30.8 Å². The maximum absolute atomic E-state index is 12.5. The molecule has 0 aliphatic heterocycles. The van der Waals surface area contributed by atoms with Gasteiger partial charge >= 0.3 is 11.9 Å². The Bertz CT molecular complexity index is 1620. The zero-order valence-corrected chi connectivity index (χ0v) is 25.7. The second-order valence-corrected chi connectivity index (χ2v) is 9.75. The van der Waals surface area contributed by atoms with Crippen LogP contribution in [0.5, 0.6) is 23.0 Å². The van der Waals surface area contributed by atoms with Crippen LogP contribution in [0.15, 0.2) is 107 Å². The van der Waals surface area contributed by atoms with Crippen LogP contribution >= 0.6 is 0 Å². The number of hydrogen-bond acceptors (Lipinski definition) is 10. The summed E-state index contributed by atoms with van der Waals surface area (Å²) in [5.74, 6) is -0.166. The molecule has 0 fully saturated rings. The molecular weight excluding hydrogens is 604 g/mol. The van der Waals surface area contributed by atoms with E-state index in [0.29, 0.717) is 33.8 Å². The van der Waals surface area contributed by atoms with Crippen LogP contribution in [0.4, 0.5) is 0 Å². The van der Waals surface area contributed by atoms with Gasteiger partial charge in [-0.25, -0.2) is 20.4 Å². The highest BCUT2D eigenvalue weighted by Gasteiger charge is 2.13. The number of carbonyl (C=O) groups excluding carboxylic acids is 4. The fourth-order valence-corrected chi connectivity index (χ4v) is 4.00. The zero-order valence-electron chi connectivity index (χ0n) is 25.7. The van der Waals surface area contributed by atoms with Gasteiger partial charge in [0.15, 0.2) is 0 Å². The Morgan fingerprint density at radius 1 is 0.574 bits per heavy atom. The summed E-state index contributed by atoms with van der Waals surface area (Å²) in [5.41, 5.74) is 6.44. The van der Waals surface area contributed by atoms with Gasteiger partial charge < -0.3 is 18.9 Å². The lowest BCUT2D eigenvalue weighted by molar-refractivity contribution is -0.122. The zero-order chi connectivity index (χ0) is 33.4. The second kappa shape index (κ2) is 17.3. The number of benzene rings is 4. The Morgan fingerprint density at radius 2 is 0.957 bits per heavy atom. The summed E-state index contributed by atoms with van der Waals surface area (Å²) in [5, 5.41) is 7.89. The quantitative estimate of drug-likeness (QED) is 0.0857. The highest BCUT2D eigenvalue weighted by molar-refractivity contribution is 5.94. The molecule has 0 unspecified atom stereocenters. The van der Waals surface area contributed by atoms with Crippen LogP contribution in [0, 0.1) is 0 Å². The lowest BCUT2D eigenvalue weighted by atomic mass is 10.2. The summed E-state index contributed by atoms with van der Waals surface area (Å²) in [6.45, 7) is 0. The summed E-state index contributed by atoms with van der Waals surface area (Å²) in [7, 11) is 3.07. The topological polar surface area (TPSA) is 154 Å². The van der Waals surface area contributed by atoms with Gasteiger partial charge in [0.25, 0.3) is 0 Å². The number of para-hydroxylation sites is 2. The van der Waals surface area contributed by atoms with Gasteiger partial charge in [0.2, 0.25) is 11.8 Å². The fraction of sp³-hybridized carbons (Fsp3) is 0.143. The third kappa shape index (κ3) is 10.4. The highest BCUT2D eigenvalue weighted by atomic mass is 16.5. The van der Waals surface area contributed by atoms with Crippen molar-refractivity contribution in [3.8, 4) is 23.0 Å². The monoisotopic (exact) mass is 636 g/mol. The largest absolute Gasteiger partial charge is 0.497 e. The molecule has 0 spiro atoms. The molecule has 0 saturated heterocycles. The first-order valence-electron chi connectivity index (χ1n) is 14.4. The minimum Gasteiger partial charge on any atom is -0.497 e. The van der Waals surface area contributed by atoms with Crippen LogP contribution in [0.3, 0.4) is 0 Å². The Labute approximate surface area is 271 Å². The van der Waals surface area contributed by atoms with Gasteiger partial charge in [0.05, 0.1) is 37.8 Å². The van der Waals surface area contributed by atoms with Gasteiger partial charge in [-0.05, 0) is 79.2 Å². The second-order valence-electron chi connectivity index (χ2n) is 9.75. The molecule has 0 heterocycles. The molecule has 0 aliphatic carbocycles. The van der Waals surface area contributed by atoms with Crippen molar-refractivity contribution in [3.05, 3.63) is 119 Å². The van der Waals surface area contributed by atoms with Crippen LogP contribution in [-0.2, 0) is 9.59 Å². The van der Waals surface area contributed by atoms with E-state index in [2.05, 4.69) is 21.1 Å². The number of nitrogens with zero attached hydrogens (tertiary/aromatic N) is 2. The van der Waals surface area contributed by atoms with Crippen molar-refractivity contribution >= 4 is 36.2 Å². The summed E-state index contributed by atoms with van der Waals surface area (Å²) in [6, 6.07) is 26.5. The first-order chi connectivity index (χ1) is 22.9. The first-order valence-corrected chi connectivity index (χ1v) is 14.4. The van der Waals surface area contributed by atoms with Gasteiger partial charge in [-0.15, -0.1) is 0 Å². The van der Waals surface area contributed by atoms with Gasteiger partial charge in [-0.1, -0.05) is 24.3 Å². The molecule has 0 saturated carbocycles. The normalized spacial score (nSPS) is 10.8. The number of rotatable bonds is 14. The van der Waals surface area contributed by atoms with Crippen LogP contribution in [0.25, 0.3) is 0 Å². The molecule has 0 bridgehead atoms. The predicted octanol–water partition coefficient (Wildman–Crippen LogP) is 4.91. The maximum Gasteiger partial charge on any atom is 0.343 e. The number of hydrazone groups is 2. The fourth-order valence-electron chi connectivity index (χ4n) is 4.00. The Morgan fingerprint density at radius 3 is 1.34 bits per heavy atom. The standard InChI is InChI=1S/C35H32N4O8/c1-44-28-18-14-24(15-19-28)34(42)46-30-10-5-3-8-26(30)22-36-38-32(40)12-7-13-33(41)39-37-23-27-9-4-6-11-31(27)47-35(43)25-16-20-29(45-2)21-17-25/h3-6,8-11,14-23H,7,12-13H2,1-2H3,(H,38,40)(H,39,41)/b36-22+,37-23+. The predicted molar refractivity (Wildman–Crippen MR) is 174 cm³/mol. The Balaban J connectivity index is 1.20. The minimum absolute atomic E-state index is 0.0344. The van der Waals surface area contributed by atoms with Crippen molar-refractivity contribution in [3.63, 3.8) is 0 Å². The molecule has 12 heteroatoms. The molecule has 0 aromatic heterocycles. The summed E-state index contributed by atoms with van der Waals surface area (Å²) < 4.78 is 21.2. The van der Waals surface area contributed by atoms with Crippen molar-refractivity contribution < 1.29 is 38.1 Å². The number of nitrogens with one attached hydrogen (secondary N) is 2. The lowest BCUT2D eigenvalue weighted by Gasteiger charge is -2.08. The van der Waals surface area contributed by atoms with Crippen molar-refractivity contribution in [1.29, 1.82) is 0 Å². The number of carbonyl (C=O) groups is 4. The van der Waals surface area contributed by atoms with Crippen molar-refractivity contribution in [1.82, 2.24) is 10.9 Å². The Kier molecular flexibility index (Phi) is 12.3. The first kappa shape index (κ1) is 33.6. The number of hydrogen-bond donors (Lipinski definition) is 2. The number of methoxy groups -OCH3 is 2. The maximum atomic E-state index is 12.5. The molecule has 2 amide bonds. The van der Waals surface area contributed by atoms with Crippen molar-refractivity contribution in [2.75, 3.05) is 14.2 Å². The molecule has 2 N–H and O–H groups in total. The molecule has 4 aromatic rings. The third-order valence-corrected chi connectivity index (χ3v) is 6.49. The summed E-state index contributed by atoms with van der Waals surface area (Å²) in [6.07, 6.45) is 3.04. The van der Waals surface area contributed by atoms with E-state index in [4.69, 9.17) is 18.9 Å². The van der Waals surface area contributed by atoms with Crippen molar-refractivity contribution in [2.24, 2.45) is 10.2 Å². The number of amides is 2. The van der Waals surface area contributed by atoms with Crippen LogP contribution < -0.4 is 29.8 Å². The molecule has 4 rings (SSSR count). The van der Waals surface area contributed by atoms with E-state index >= 15 is 0 Å². The molecule has 0 atom stereocenters. The SMILES string of the molecule is COc1ccc(C(=O)Oc2ccccc2/C=N/NC(=O)CCCC(=O)N/N=C/c2ccccc2OC(=O)c2ccc(OC)cc2)cc1. The molecule has 12 nitrogen and oxygen atoms in total. The van der Waals surface area contributed by atoms with E-state index in [1.54, 1.807) is 97.1 Å². The molecule has 240 valence electrons. The molecular formula is C35H32N4O8. The van der Waals surface area contributed by atoms with Gasteiger partial charge in [0.1, 0.15) is 23.0 Å².